The van der Waals surface area contributed by atoms with E-state index in [1.807, 2.05) is 29.2 Å². The second kappa shape index (κ2) is 6.84. The van der Waals surface area contributed by atoms with Crippen LogP contribution < -0.4 is 5.73 Å². The van der Waals surface area contributed by atoms with Gasteiger partial charge in [-0.25, -0.2) is 0 Å². The number of benzene rings is 1. The van der Waals surface area contributed by atoms with Crippen molar-refractivity contribution < 1.29 is 4.79 Å². The van der Waals surface area contributed by atoms with Crippen LogP contribution in [0.25, 0.3) is 0 Å². The van der Waals surface area contributed by atoms with Gasteiger partial charge in [0.05, 0.1) is 0 Å². The van der Waals surface area contributed by atoms with Gasteiger partial charge in [0, 0.05) is 24.2 Å². The Morgan fingerprint density at radius 1 is 1.25 bits per heavy atom. The summed E-state index contributed by atoms with van der Waals surface area (Å²) in [6.45, 7) is 3.97. The van der Waals surface area contributed by atoms with Crippen LogP contribution in [0.3, 0.4) is 0 Å². The third-order valence-corrected chi connectivity index (χ3v) is 4.36. The maximum Gasteiger partial charge on any atom is 0.253 e. The molecule has 1 fully saturated rings. The molecular weight excluding hydrogens is 268 g/mol. The molecule has 1 aliphatic rings. The number of hydrogen-bond acceptors (Lipinski definition) is 2. The van der Waals surface area contributed by atoms with E-state index in [9.17, 15) is 4.79 Å². The lowest BCUT2D eigenvalue weighted by Crippen LogP contribution is -2.32. The van der Waals surface area contributed by atoms with Crippen molar-refractivity contribution in [1.29, 1.82) is 0 Å². The van der Waals surface area contributed by atoms with Gasteiger partial charge in [0.25, 0.3) is 5.91 Å². The number of nitrogens with zero attached hydrogens (tertiary/aromatic N) is 1. The van der Waals surface area contributed by atoms with Crippen molar-refractivity contribution in [3.63, 3.8) is 0 Å². The summed E-state index contributed by atoms with van der Waals surface area (Å²) < 4.78 is 0. The summed E-state index contributed by atoms with van der Waals surface area (Å²) in [6.07, 6.45) is 4.67. The summed E-state index contributed by atoms with van der Waals surface area (Å²) in [5, 5.41) is 0. The van der Waals surface area contributed by atoms with E-state index in [1.54, 1.807) is 0 Å². The summed E-state index contributed by atoms with van der Waals surface area (Å²) in [5.74, 6) is 0.890. The number of rotatable bonds is 3. The summed E-state index contributed by atoms with van der Waals surface area (Å²) in [7, 11) is 0. The molecule has 1 unspecified atom stereocenters. The van der Waals surface area contributed by atoms with Crippen LogP contribution in [0, 0.1) is 5.92 Å². The van der Waals surface area contributed by atoms with Gasteiger partial charge >= 0.3 is 0 Å². The molecule has 0 saturated carbocycles. The van der Waals surface area contributed by atoms with Crippen LogP contribution in [0.5, 0.6) is 0 Å². The van der Waals surface area contributed by atoms with Crippen molar-refractivity contribution in [1.82, 2.24) is 4.90 Å². The van der Waals surface area contributed by atoms with Crippen molar-refractivity contribution in [3.8, 4) is 0 Å². The first-order chi connectivity index (χ1) is 9.61. The van der Waals surface area contributed by atoms with E-state index in [-0.39, 0.29) is 5.91 Å². The van der Waals surface area contributed by atoms with Crippen LogP contribution in [0.1, 0.15) is 48.5 Å². The van der Waals surface area contributed by atoms with Crippen LogP contribution >= 0.6 is 12.2 Å². The van der Waals surface area contributed by atoms with Gasteiger partial charge in [0.15, 0.2) is 0 Å². The minimum atomic E-state index is 0.122. The van der Waals surface area contributed by atoms with Gasteiger partial charge in [0.1, 0.15) is 4.99 Å². The van der Waals surface area contributed by atoms with Crippen molar-refractivity contribution >= 4 is 23.1 Å². The average Bonchev–Trinajstić information content (AvgIpc) is 2.72. The van der Waals surface area contributed by atoms with E-state index < -0.39 is 0 Å². The Morgan fingerprint density at radius 2 is 1.90 bits per heavy atom. The molecule has 1 aliphatic heterocycles. The Labute approximate surface area is 126 Å². The number of likely N-dealkylation sites (tertiary alicyclic amines) is 1. The zero-order chi connectivity index (χ0) is 14.5. The molecule has 1 aromatic carbocycles. The summed E-state index contributed by atoms with van der Waals surface area (Å²) in [5.41, 5.74) is 7.10. The van der Waals surface area contributed by atoms with Gasteiger partial charge in [-0.3, -0.25) is 4.79 Å². The molecule has 1 aromatic rings. The Morgan fingerprint density at radius 3 is 2.50 bits per heavy atom. The summed E-state index contributed by atoms with van der Waals surface area (Å²) in [4.78, 5) is 14.8. The van der Waals surface area contributed by atoms with Crippen LogP contribution in [-0.4, -0.2) is 28.9 Å². The lowest BCUT2D eigenvalue weighted by Gasteiger charge is -2.20. The highest BCUT2D eigenvalue weighted by Gasteiger charge is 2.20. The lowest BCUT2D eigenvalue weighted by molar-refractivity contribution is 0.0760. The Bertz CT molecular complexity index is 484. The molecule has 2 rings (SSSR count). The van der Waals surface area contributed by atoms with E-state index >= 15 is 0 Å². The van der Waals surface area contributed by atoms with E-state index in [0.29, 0.717) is 4.99 Å². The molecule has 0 spiro atoms. The lowest BCUT2D eigenvalue weighted by atomic mass is 9.98. The zero-order valence-electron chi connectivity index (χ0n) is 12.0. The minimum Gasteiger partial charge on any atom is -0.389 e. The number of amides is 1. The molecule has 20 heavy (non-hydrogen) atoms. The van der Waals surface area contributed by atoms with Gasteiger partial charge in [0.2, 0.25) is 0 Å². The van der Waals surface area contributed by atoms with Crippen LogP contribution in [0.15, 0.2) is 24.3 Å². The number of carbonyl (C=O) groups excluding carboxylic acids is 1. The van der Waals surface area contributed by atoms with E-state index in [2.05, 4.69) is 6.92 Å². The maximum absolute atomic E-state index is 12.5. The summed E-state index contributed by atoms with van der Waals surface area (Å²) in [6, 6.07) is 7.28. The molecule has 1 atom stereocenters. The van der Waals surface area contributed by atoms with Crippen LogP contribution in [0.4, 0.5) is 0 Å². The highest BCUT2D eigenvalue weighted by molar-refractivity contribution is 7.80. The van der Waals surface area contributed by atoms with Crippen LogP contribution in [0.2, 0.25) is 0 Å². The topological polar surface area (TPSA) is 46.3 Å². The van der Waals surface area contributed by atoms with Gasteiger partial charge in [-0.2, -0.15) is 0 Å². The summed E-state index contributed by atoms with van der Waals surface area (Å²) >= 11 is 4.92. The second-order valence-electron chi connectivity index (χ2n) is 5.44. The Hall–Kier alpha value is -1.42. The van der Waals surface area contributed by atoms with Gasteiger partial charge in [-0.1, -0.05) is 37.7 Å². The van der Waals surface area contributed by atoms with Gasteiger partial charge in [-0.05, 0) is 37.3 Å². The molecule has 3 nitrogen and oxygen atoms in total. The normalized spacial score (nSPS) is 19.4. The molecule has 0 radical (unpaired) electrons. The molecule has 4 heteroatoms. The molecule has 1 heterocycles. The third kappa shape index (κ3) is 3.57. The largest absolute Gasteiger partial charge is 0.389 e. The van der Waals surface area contributed by atoms with Crippen LogP contribution in [-0.2, 0) is 0 Å². The Kier molecular flexibility index (Phi) is 5.12. The van der Waals surface area contributed by atoms with Crippen molar-refractivity contribution in [3.05, 3.63) is 35.4 Å². The Balaban J connectivity index is 2.05. The first-order valence-electron chi connectivity index (χ1n) is 7.31. The fourth-order valence-electron chi connectivity index (χ4n) is 2.74. The third-order valence-electron chi connectivity index (χ3n) is 4.13. The predicted octanol–water partition coefficient (Wildman–Crippen LogP) is 2.97. The highest BCUT2D eigenvalue weighted by atomic mass is 32.1. The van der Waals surface area contributed by atoms with E-state index in [1.165, 1.54) is 12.8 Å². The first kappa shape index (κ1) is 15.0. The predicted molar refractivity (Wildman–Crippen MR) is 85.9 cm³/mol. The number of thiocarbonyl (C=S) groups is 1. The average molecular weight is 290 g/mol. The van der Waals surface area contributed by atoms with E-state index in [4.69, 9.17) is 18.0 Å². The molecule has 0 aromatic heterocycles. The molecular formula is C16H22N2OS. The monoisotopic (exact) mass is 290 g/mol. The van der Waals surface area contributed by atoms with Crippen molar-refractivity contribution in [2.24, 2.45) is 11.7 Å². The SMILES string of the molecule is CCC1CCCN(C(=O)c2ccc(C(N)=S)cc2)CC1. The maximum atomic E-state index is 12.5. The fourth-order valence-corrected chi connectivity index (χ4v) is 2.87. The minimum absolute atomic E-state index is 0.122. The highest BCUT2D eigenvalue weighted by Crippen LogP contribution is 2.21. The standard InChI is InChI=1S/C16H22N2OS/c1-2-12-4-3-10-18(11-9-12)16(19)14-7-5-13(6-8-14)15(17)20/h5-8,12H,2-4,9-11H2,1H3,(H2,17,20). The van der Waals surface area contributed by atoms with Gasteiger partial charge < -0.3 is 10.6 Å². The van der Waals surface area contributed by atoms with E-state index in [0.717, 1.165) is 43.0 Å². The molecule has 1 saturated heterocycles. The molecule has 0 aliphatic carbocycles. The number of carbonyl (C=O) groups is 1. The van der Waals surface area contributed by atoms with Crippen molar-refractivity contribution in [2.45, 2.75) is 32.6 Å². The second-order valence-corrected chi connectivity index (χ2v) is 5.88. The number of hydrogen-bond donors (Lipinski definition) is 1. The first-order valence-corrected chi connectivity index (χ1v) is 7.71. The zero-order valence-corrected chi connectivity index (χ0v) is 12.8. The number of nitrogens with two attached hydrogens (primary N) is 1. The smallest absolute Gasteiger partial charge is 0.253 e. The van der Waals surface area contributed by atoms with Gasteiger partial charge in [-0.15, -0.1) is 0 Å². The molecule has 2 N–H and O–H groups in total. The molecule has 0 bridgehead atoms. The molecule has 1 amide bonds. The van der Waals surface area contributed by atoms with Crippen molar-refractivity contribution in [2.75, 3.05) is 13.1 Å². The molecule has 108 valence electrons. The fraction of sp³-hybridized carbons (Fsp3) is 0.500. The quantitative estimate of drug-likeness (QED) is 0.871.